The first-order valence-electron chi connectivity index (χ1n) is 5.67. The molecule has 3 rings (SSSR count). The third kappa shape index (κ3) is 1.52. The molecule has 0 amide bonds. The highest BCUT2D eigenvalue weighted by Crippen LogP contribution is 2.16. The van der Waals surface area contributed by atoms with E-state index in [0.29, 0.717) is 22.6 Å². The molecule has 0 saturated carbocycles. The third-order valence-electron chi connectivity index (χ3n) is 2.88. The van der Waals surface area contributed by atoms with E-state index in [9.17, 15) is 4.79 Å². The molecule has 0 spiro atoms. The van der Waals surface area contributed by atoms with Crippen LogP contribution in [-0.4, -0.2) is 19.6 Å². The lowest BCUT2D eigenvalue weighted by atomic mass is 10.2. The fourth-order valence-electron chi connectivity index (χ4n) is 1.98. The van der Waals surface area contributed by atoms with E-state index < -0.39 is 0 Å². The summed E-state index contributed by atoms with van der Waals surface area (Å²) in [6.07, 6.45) is 1.70. The van der Waals surface area contributed by atoms with Crippen molar-refractivity contribution in [3.05, 3.63) is 52.1 Å². The van der Waals surface area contributed by atoms with Gasteiger partial charge in [-0.15, -0.1) is 0 Å². The molecule has 0 aliphatic carbocycles. The van der Waals surface area contributed by atoms with Gasteiger partial charge in [0.1, 0.15) is 0 Å². The second-order valence-electron chi connectivity index (χ2n) is 4.24. The van der Waals surface area contributed by atoms with E-state index in [1.54, 1.807) is 13.1 Å². The molecule has 0 radical (unpaired) electrons. The van der Waals surface area contributed by atoms with E-state index >= 15 is 0 Å². The minimum Gasteiger partial charge on any atom is -0.294 e. The molecule has 0 aliphatic heterocycles. The van der Waals surface area contributed by atoms with Crippen LogP contribution >= 0.6 is 0 Å². The highest BCUT2D eigenvalue weighted by atomic mass is 16.1. The van der Waals surface area contributed by atoms with E-state index in [1.165, 1.54) is 4.52 Å². The van der Waals surface area contributed by atoms with Crippen LogP contribution in [0.4, 0.5) is 0 Å². The Morgan fingerprint density at radius 2 is 2.11 bits per heavy atom. The van der Waals surface area contributed by atoms with Crippen molar-refractivity contribution in [1.29, 1.82) is 0 Å². The van der Waals surface area contributed by atoms with Crippen molar-refractivity contribution in [2.45, 2.75) is 13.8 Å². The first-order chi connectivity index (χ1) is 8.66. The molecule has 3 aromatic rings. The van der Waals surface area contributed by atoms with Crippen LogP contribution in [0.15, 0.2) is 35.3 Å². The Balaban J connectivity index is 2.37. The number of nitrogens with zero attached hydrogens (tertiary/aromatic N) is 3. The van der Waals surface area contributed by atoms with Crippen molar-refractivity contribution in [2.24, 2.45) is 0 Å². The summed E-state index contributed by atoms with van der Waals surface area (Å²) in [6, 6.07) is 7.41. The highest BCUT2D eigenvalue weighted by molar-refractivity contribution is 5.61. The second-order valence-corrected chi connectivity index (χ2v) is 4.24. The molecule has 0 atom stereocenters. The summed E-state index contributed by atoms with van der Waals surface area (Å²) in [5.41, 5.74) is 3.37. The summed E-state index contributed by atoms with van der Waals surface area (Å²) in [7, 11) is 0. The topological polar surface area (TPSA) is 63.1 Å². The van der Waals surface area contributed by atoms with Crippen molar-refractivity contribution in [3.63, 3.8) is 0 Å². The van der Waals surface area contributed by atoms with E-state index in [1.807, 2.05) is 31.2 Å². The van der Waals surface area contributed by atoms with Crippen LogP contribution in [0.25, 0.3) is 17.0 Å². The Bertz CT molecular complexity index is 771. The molecule has 0 bridgehead atoms. The van der Waals surface area contributed by atoms with Crippen LogP contribution in [0.1, 0.15) is 11.3 Å². The van der Waals surface area contributed by atoms with Crippen LogP contribution in [-0.2, 0) is 0 Å². The average molecular weight is 240 g/mol. The number of pyridine rings is 1. The maximum atomic E-state index is 12.2. The predicted molar refractivity (Wildman–Crippen MR) is 68.5 cm³/mol. The van der Waals surface area contributed by atoms with Crippen molar-refractivity contribution >= 4 is 5.65 Å². The van der Waals surface area contributed by atoms with E-state index in [-0.39, 0.29) is 5.56 Å². The van der Waals surface area contributed by atoms with Gasteiger partial charge in [0.2, 0.25) is 0 Å². The second kappa shape index (κ2) is 3.80. The van der Waals surface area contributed by atoms with E-state index in [4.69, 9.17) is 0 Å². The van der Waals surface area contributed by atoms with Crippen LogP contribution in [0.2, 0.25) is 0 Å². The number of H-pyrrole nitrogens is 1. The quantitative estimate of drug-likeness (QED) is 0.704. The summed E-state index contributed by atoms with van der Waals surface area (Å²) in [5, 5.41) is 2.97. The molecule has 0 aromatic carbocycles. The summed E-state index contributed by atoms with van der Waals surface area (Å²) >= 11 is 0. The maximum Gasteiger partial charge on any atom is 0.276 e. The van der Waals surface area contributed by atoms with Gasteiger partial charge in [0.15, 0.2) is 5.65 Å². The number of aromatic nitrogens is 4. The Kier molecular flexibility index (Phi) is 2.26. The van der Waals surface area contributed by atoms with Crippen LogP contribution in [0.3, 0.4) is 0 Å². The summed E-state index contributed by atoms with van der Waals surface area (Å²) < 4.78 is 1.46. The maximum absolute atomic E-state index is 12.2. The van der Waals surface area contributed by atoms with Gasteiger partial charge in [0, 0.05) is 23.5 Å². The molecule has 90 valence electrons. The van der Waals surface area contributed by atoms with Gasteiger partial charge in [-0.3, -0.25) is 14.9 Å². The zero-order valence-corrected chi connectivity index (χ0v) is 10.1. The highest BCUT2D eigenvalue weighted by Gasteiger charge is 2.12. The molecular weight excluding hydrogens is 228 g/mol. The van der Waals surface area contributed by atoms with Gasteiger partial charge in [0.25, 0.3) is 5.56 Å². The Labute approximate surface area is 103 Å². The van der Waals surface area contributed by atoms with Crippen LogP contribution in [0, 0.1) is 13.8 Å². The van der Waals surface area contributed by atoms with Gasteiger partial charge in [-0.2, -0.15) is 0 Å². The van der Waals surface area contributed by atoms with Gasteiger partial charge in [-0.25, -0.2) is 9.50 Å². The smallest absolute Gasteiger partial charge is 0.276 e. The van der Waals surface area contributed by atoms with Crippen molar-refractivity contribution in [1.82, 2.24) is 19.6 Å². The monoisotopic (exact) mass is 240 g/mol. The minimum absolute atomic E-state index is 0.0891. The standard InChI is InChI=1S/C13H12N4O/c1-8-7-11-15-12(10-5-3-4-6-14-10)9(2)13(18)17(11)16-8/h3-7,16H,1-2H3. The largest absolute Gasteiger partial charge is 0.294 e. The molecule has 1 N–H and O–H groups in total. The minimum atomic E-state index is -0.0891. The molecule has 18 heavy (non-hydrogen) atoms. The molecular formula is C13H12N4O. The zero-order valence-electron chi connectivity index (χ0n) is 10.1. The first-order valence-corrected chi connectivity index (χ1v) is 5.67. The van der Waals surface area contributed by atoms with Crippen LogP contribution < -0.4 is 5.56 Å². The number of fused-ring (bicyclic) bond motifs is 1. The molecule has 3 heterocycles. The number of nitrogens with one attached hydrogen (secondary N) is 1. The third-order valence-corrected chi connectivity index (χ3v) is 2.88. The Hall–Kier alpha value is -2.43. The van der Waals surface area contributed by atoms with E-state index in [0.717, 1.165) is 5.69 Å². The average Bonchev–Trinajstić information content (AvgIpc) is 2.76. The predicted octanol–water partition coefficient (Wildman–Crippen LogP) is 1.70. The molecule has 0 saturated heterocycles. The number of hydrogen-bond donors (Lipinski definition) is 1. The first kappa shape index (κ1) is 10.7. The SMILES string of the molecule is Cc1cc2nc(-c3ccccn3)c(C)c(=O)n2[nH]1. The zero-order chi connectivity index (χ0) is 12.7. The normalized spacial score (nSPS) is 11.0. The molecule has 0 unspecified atom stereocenters. The lowest BCUT2D eigenvalue weighted by Gasteiger charge is -2.04. The lowest BCUT2D eigenvalue weighted by molar-refractivity contribution is 0.870. The van der Waals surface area contributed by atoms with Gasteiger partial charge in [0.05, 0.1) is 11.4 Å². The fourth-order valence-corrected chi connectivity index (χ4v) is 1.98. The molecule has 0 aliphatic rings. The van der Waals surface area contributed by atoms with Crippen LogP contribution in [0.5, 0.6) is 0 Å². The Morgan fingerprint density at radius 3 is 2.83 bits per heavy atom. The molecule has 0 fully saturated rings. The number of aryl methyl sites for hydroxylation is 1. The van der Waals surface area contributed by atoms with Crippen molar-refractivity contribution in [3.8, 4) is 11.4 Å². The van der Waals surface area contributed by atoms with Gasteiger partial charge in [-0.05, 0) is 26.0 Å². The van der Waals surface area contributed by atoms with E-state index in [2.05, 4.69) is 15.1 Å². The Morgan fingerprint density at radius 1 is 1.28 bits per heavy atom. The summed E-state index contributed by atoms with van der Waals surface area (Å²) in [5.74, 6) is 0. The summed E-state index contributed by atoms with van der Waals surface area (Å²) in [4.78, 5) is 20.9. The summed E-state index contributed by atoms with van der Waals surface area (Å²) in [6.45, 7) is 3.66. The van der Waals surface area contributed by atoms with Gasteiger partial charge >= 0.3 is 0 Å². The molecule has 5 heteroatoms. The lowest BCUT2D eigenvalue weighted by Crippen LogP contribution is -2.19. The number of rotatable bonds is 1. The van der Waals surface area contributed by atoms with Gasteiger partial charge < -0.3 is 0 Å². The molecule has 3 aromatic heterocycles. The molecule has 5 nitrogen and oxygen atoms in total. The number of aromatic amines is 1. The number of hydrogen-bond acceptors (Lipinski definition) is 3. The van der Waals surface area contributed by atoms with Crippen molar-refractivity contribution < 1.29 is 0 Å². The van der Waals surface area contributed by atoms with Crippen molar-refractivity contribution in [2.75, 3.05) is 0 Å². The van der Waals surface area contributed by atoms with Gasteiger partial charge in [-0.1, -0.05) is 6.07 Å². The fraction of sp³-hybridized carbons (Fsp3) is 0.154.